The number of carbonyl (C=O) groups is 10. The topological polar surface area (TPSA) is 336 Å². The fraction of sp³-hybridized carbons (Fsp3) is 0.531. The fourth-order valence-corrected chi connectivity index (χ4v) is 11.5. The van der Waals surface area contributed by atoms with Gasteiger partial charge < -0.3 is 68.0 Å². The number of amides is 1. The molecule has 0 saturated heterocycles. The third kappa shape index (κ3) is 37.6. The normalized spacial score (nSPS) is 11.1. The van der Waals surface area contributed by atoms with Gasteiger partial charge in [-0.15, -0.1) is 0 Å². The van der Waals surface area contributed by atoms with Crippen molar-refractivity contribution in [2.75, 3.05) is 119 Å². The van der Waals surface area contributed by atoms with Crippen LogP contribution in [0.5, 0.6) is 17.2 Å². The molecule has 4 N–H and O–H groups in total. The van der Waals surface area contributed by atoms with Gasteiger partial charge in [0.05, 0.1) is 91.8 Å². The number of alkyl carbamates (subject to hydrolysis) is 1. The molecule has 95 heavy (non-hydrogen) atoms. The van der Waals surface area contributed by atoms with Crippen LogP contribution in [0.15, 0.2) is 66.7 Å². The summed E-state index contributed by atoms with van der Waals surface area (Å²) in [6.45, 7) is 5.53. The summed E-state index contributed by atoms with van der Waals surface area (Å²) in [5.74, 6) is -3.77. The summed E-state index contributed by atoms with van der Waals surface area (Å²) >= 11 is 23.0. The highest BCUT2D eigenvalue weighted by Crippen LogP contribution is 2.29. The van der Waals surface area contributed by atoms with Crippen LogP contribution in [0.4, 0.5) is 4.79 Å². The molecule has 3 rings (SSSR count). The summed E-state index contributed by atoms with van der Waals surface area (Å²) < 4.78 is 54.0. The molecule has 31 heteroatoms. The Kier molecular flexibility index (Phi) is 40.7. The lowest BCUT2D eigenvalue weighted by Crippen LogP contribution is -2.44. The van der Waals surface area contributed by atoms with E-state index in [4.69, 9.17) is 82.2 Å². The number of hydrogen-bond donors (Lipinski definition) is 4. The number of nitrogens with one attached hydrogen (secondary N) is 1. The monoisotopic (exact) mass is 1470 g/mol. The maximum absolute atomic E-state index is 13.5. The van der Waals surface area contributed by atoms with Crippen molar-refractivity contribution in [1.82, 2.24) is 5.32 Å². The molecule has 0 atom stereocenters. The van der Waals surface area contributed by atoms with Crippen LogP contribution in [0.3, 0.4) is 0 Å². The Morgan fingerprint density at radius 3 is 1.07 bits per heavy atom. The van der Waals surface area contributed by atoms with Crippen molar-refractivity contribution in [3.05, 3.63) is 98.5 Å². The van der Waals surface area contributed by atoms with Gasteiger partial charge in [0.1, 0.15) is 68.9 Å². The number of halogens is 3. The van der Waals surface area contributed by atoms with Crippen molar-refractivity contribution < 1.29 is 111 Å². The van der Waals surface area contributed by atoms with E-state index in [2.05, 4.69) is 11.9 Å². The minimum absolute atomic E-state index is 0.0202. The second-order valence-corrected chi connectivity index (χ2v) is 27.6. The van der Waals surface area contributed by atoms with E-state index in [9.17, 15) is 63.3 Å². The second kappa shape index (κ2) is 46.7. The van der Waals surface area contributed by atoms with E-state index in [0.29, 0.717) is 36.5 Å². The molecule has 0 aromatic heterocycles. The number of ether oxygens (including phenoxy) is 10. The minimum Gasteiger partial charge on any atom is -0.506 e. The van der Waals surface area contributed by atoms with Gasteiger partial charge in [0.25, 0.3) is 0 Å². The molecule has 0 saturated carbocycles. The highest BCUT2D eigenvalue weighted by Gasteiger charge is 2.38. The molecule has 0 radical (unpaired) electrons. The Balaban J connectivity index is 1.63. The van der Waals surface area contributed by atoms with E-state index in [1.807, 2.05) is 0 Å². The summed E-state index contributed by atoms with van der Waals surface area (Å²) in [6, 6.07) is 14.0. The Hall–Kier alpha value is -6.43. The zero-order valence-corrected chi connectivity index (χ0v) is 58.7. The lowest BCUT2D eigenvalue weighted by atomic mass is 9.92. The van der Waals surface area contributed by atoms with E-state index in [1.165, 1.54) is 72.2 Å². The predicted molar refractivity (Wildman–Crippen MR) is 361 cm³/mol. The van der Waals surface area contributed by atoms with Crippen molar-refractivity contribution in [3.8, 4) is 17.2 Å². The average Bonchev–Trinajstić information content (AvgIpc) is 0.960. The van der Waals surface area contributed by atoms with Crippen LogP contribution < -0.4 is 5.32 Å². The van der Waals surface area contributed by atoms with E-state index in [1.54, 1.807) is 50.2 Å². The van der Waals surface area contributed by atoms with Crippen LogP contribution in [-0.2, 0) is 110 Å². The molecular weight excluding hydrogens is 1390 g/mol. The average molecular weight is 1470 g/mol. The molecule has 0 bridgehead atoms. The molecule has 0 aliphatic heterocycles. The zero-order valence-electron chi connectivity index (χ0n) is 53.2. The van der Waals surface area contributed by atoms with E-state index in [-0.39, 0.29) is 158 Å². The van der Waals surface area contributed by atoms with Crippen molar-refractivity contribution >= 4 is 142 Å². The molecule has 0 spiro atoms. The number of phenols is 3. The first-order valence-corrected chi connectivity index (χ1v) is 35.7. The first kappa shape index (κ1) is 82.8. The molecule has 3 aromatic carbocycles. The molecule has 0 aliphatic carbocycles. The van der Waals surface area contributed by atoms with Crippen LogP contribution in [0, 0.1) is 10.8 Å². The number of thioether (sulfide) groups is 4. The van der Waals surface area contributed by atoms with Gasteiger partial charge >= 0.3 is 59.8 Å². The van der Waals surface area contributed by atoms with Gasteiger partial charge in [0.15, 0.2) is 0 Å². The van der Waals surface area contributed by atoms with Crippen LogP contribution >= 0.6 is 81.9 Å². The Bertz CT molecular complexity index is 2780. The van der Waals surface area contributed by atoms with Gasteiger partial charge in [-0.2, -0.15) is 47.0 Å². The summed E-state index contributed by atoms with van der Waals surface area (Å²) in [5, 5.41) is 31.9. The number of benzene rings is 3. The lowest BCUT2D eigenvalue weighted by molar-refractivity contribution is -0.170. The van der Waals surface area contributed by atoms with Gasteiger partial charge in [-0.05, 0) is 73.9 Å². The van der Waals surface area contributed by atoms with E-state index < -0.39 is 97.1 Å². The van der Waals surface area contributed by atoms with Crippen LogP contribution in [0.1, 0.15) is 82.4 Å². The molecule has 3 aromatic rings. The predicted octanol–water partition coefficient (Wildman–Crippen LogP) is 9.66. The Morgan fingerprint density at radius 2 is 0.747 bits per heavy atom. The smallest absolute Gasteiger partial charge is 0.407 e. The number of rotatable bonds is 48. The number of phenolic OH excluding ortho intramolecular Hbond substituents is 3. The highest BCUT2D eigenvalue weighted by atomic mass is 35.5. The Morgan fingerprint density at radius 1 is 0.432 bits per heavy atom. The number of aromatic hydroxyl groups is 3. The van der Waals surface area contributed by atoms with E-state index in [0.717, 1.165) is 16.7 Å². The number of esters is 9. The third-order valence-electron chi connectivity index (χ3n) is 12.8. The number of hydrogen-bond acceptors (Lipinski definition) is 27. The maximum atomic E-state index is 13.5. The van der Waals surface area contributed by atoms with Gasteiger partial charge in [-0.25, -0.2) is 9.59 Å². The van der Waals surface area contributed by atoms with Gasteiger partial charge in [-0.1, -0.05) is 59.6 Å². The Labute approximate surface area is 584 Å². The molecule has 0 heterocycles. The van der Waals surface area contributed by atoms with Crippen LogP contribution in [0.25, 0.3) is 0 Å². The van der Waals surface area contributed by atoms with Crippen molar-refractivity contribution in [2.45, 2.75) is 85.0 Å². The molecule has 526 valence electrons. The lowest BCUT2D eigenvalue weighted by Gasteiger charge is -2.31. The molecule has 0 unspecified atom stereocenters. The standard InChI is InChI=1S/C64H82Cl3NO23S4/c1-43(2)60(79)85-25-21-68-62(81)87-27-26-86-61(80)63(3,4)42-95-34-20-59(78)91-41-64(38-88-56(75)17-31-92-28-14-53(72)82-22-11-44-5-8-50(69)47(65)35-44,39-89-57(76)18-32-93-29-15-54(73)83-23-12-45-6-9-51(70)48(66)36-45)40-90-58(77)19-33-94-30-16-55(74)84-24-13-46-7-10-52(71)49(67)37-46/h5-10,35-37,69-71H,1,11-34,38-42H2,2-4H3,(H,68,81). The summed E-state index contributed by atoms with van der Waals surface area (Å²) in [7, 11) is 0. The van der Waals surface area contributed by atoms with Crippen molar-refractivity contribution in [1.29, 1.82) is 0 Å². The van der Waals surface area contributed by atoms with Gasteiger partial charge in [0, 0.05) is 70.9 Å². The molecule has 1 amide bonds. The van der Waals surface area contributed by atoms with E-state index >= 15 is 0 Å². The first-order chi connectivity index (χ1) is 45.3. The van der Waals surface area contributed by atoms with Crippen LogP contribution in [-0.4, -0.2) is 194 Å². The fourth-order valence-electron chi connectivity index (χ4n) is 7.37. The second-order valence-electron chi connectivity index (χ2n) is 21.5. The first-order valence-electron chi connectivity index (χ1n) is 30.0. The quantitative estimate of drug-likeness (QED) is 0.0177. The molecule has 0 fully saturated rings. The summed E-state index contributed by atoms with van der Waals surface area (Å²) in [6.07, 6.45) is -0.192. The molecule has 0 aliphatic rings. The van der Waals surface area contributed by atoms with Crippen LogP contribution in [0.2, 0.25) is 15.1 Å². The SMILES string of the molecule is C=C(C)C(=O)OCCNC(=O)OCCOC(=O)C(C)(C)CSCCC(=O)OCC(COC(=O)CCSCCC(=O)OCCc1ccc(O)c(Cl)c1)(COC(=O)CCSCCC(=O)OCCc1ccc(O)c(Cl)c1)COC(=O)CCSCCC(=O)OCCc1ccc(O)c(Cl)c1. The largest absolute Gasteiger partial charge is 0.506 e. The molecule has 24 nitrogen and oxygen atoms in total. The van der Waals surface area contributed by atoms with Gasteiger partial charge in [0.2, 0.25) is 0 Å². The summed E-state index contributed by atoms with van der Waals surface area (Å²) in [5.41, 5.74) is -0.228. The van der Waals surface area contributed by atoms with Crippen molar-refractivity contribution in [3.63, 3.8) is 0 Å². The zero-order chi connectivity index (χ0) is 70.0. The van der Waals surface area contributed by atoms with Gasteiger partial charge in [-0.3, -0.25) is 38.4 Å². The number of carbonyl (C=O) groups excluding carboxylic acids is 10. The van der Waals surface area contributed by atoms with Crippen molar-refractivity contribution in [2.24, 2.45) is 10.8 Å². The third-order valence-corrected chi connectivity index (χ3v) is 18.1. The minimum atomic E-state index is -1.66. The summed E-state index contributed by atoms with van der Waals surface area (Å²) in [4.78, 5) is 127. The molecular formula is C64H82Cl3NO23S4. The highest BCUT2D eigenvalue weighted by molar-refractivity contribution is 7.99. The maximum Gasteiger partial charge on any atom is 0.407 e.